The molecule has 0 fully saturated rings. The van der Waals surface area contributed by atoms with E-state index in [4.69, 9.17) is 10.00 Å². The maximum absolute atomic E-state index is 10.2. The summed E-state index contributed by atoms with van der Waals surface area (Å²) in [6.07, 6.45) is -0.588. The van der Waals surface area contributed by atoms with Crippen molar-refractivity contribution in [1.29, 1.82) is 5.26 Å². The van der Waals surface area contributed by atoms with Gasteiger partial charge in [0.25, 0.3) is 0 Å². The molecule has 1 atom stereocenters. The summed E-state index contributed by atoms with van der Waals surface area (Å²) in [7, 11) is 0. The van der Waals surface area contributed by atoms with Crippen molar-refractivity contribution in [1.82, 2.24) is 19.7 Å². The van der Waals surface area contributed by atoms with Crippen molar-refractivity contribution in [3.63, 3.8) is 0 Å². The zero-order chi connectivity index (χ0) is 17.8. The highest BCUT2D eigenvalue weighted by Crippen LogP contribution is 2.18. The maximum atomic E-state index is 10.2. The molecule has 0 aliphatic carbocycles. The number of nitrogens with zero attached hydrogens (tertiary/aromatic N) is 5. The Balaban J connectivity index is 1.50. The van der Waals surface area contributed by atoms with E-state index in [1.165, 1.54) is 0 Å². The molecule has 0 saturated carbocycles. The summed E-state index contributed by atoms with van der Waals surface area (Å²) in [6, 6.07) is 8.94. The van der Waals surface area contributed by atoms with Gasteiger partial charge >= 0.3 is 0 Å². The van der Waals surface area contributed by atoms with Gasteiger partial charge in [0.15, 0.2) is 0 Å². The van der Waals surface area contributed by atoms with Gasteiger partial charge in [0.05, 0.1) is 18.2 Å². The molecule has 1 aromatic carbocycles. The first-order valence-corrected chi connectivity index (χ1v) is 8.52. The van der Waals surface area contributed by atoms with E-state index in [2.05, 4.69) is 39.6 Å². The van der Waals surface area contributed by atoms with E-state index in [9.17, 15) is 5.11 Å². The minimum absolute atomic E-state index is 0.215. The molecular weight excluding hydrogens is 318 g/mol. The van der Waals surface area contributed by atoms with E-state index in [1.54, 1.807) is 24.3 Å². The van der Waals surface area contributed by atoms with Crippen LogP contribution in [0.4, 0.5) is 0 Å². The summed E-state index contributed by atoms with van der Waals surface area (Å²) in [5.41, 5.74) is 0.589. The molecular formula is C18H23N5O2. The number of hydrogen-bond acceptors (Lipinski definition) is 6. The molecule has 0 radical (unpaired) electrons. The molecule has 1 aromatic heterocycles. The van der Waals surface area contributed by atoms with Gasteiger partial charge in [-0.2, -0.15) is 5.26 Å². The molecule has 0 spiro atoms. The third-order valence-corrected chi connectivity index (χ3v) is 4.27. The van der Waals surface area contributed by atoms with Gasteiger partial charge in [-0.3, -0.25) is 4.90 Å². The van der Waals surface area contributed by atoms with E-state index in [0.717, 1.165) is 24.7 Å². The molecule has 0 amide bonds. The third-order valence-electron chi connectivity index (χ3n) is 4.27. The van der Waals surface area contributed by atoms with Crippen LogP contribution >= 0.6 is 0 Å². The van der Waals surface area contributed by atoms with E-state index in [-0.39, 0.29) is 6.61 Å². The van der Waals surface area contributed by atoms with Crippen molar-refractivity contribution in [2.24, 2.45) is 0 Å². The van der Waals surface area contributed by atoms with E-state index in [1.807, 2.05) is 0 Å². The van der Waals surface area contributed by atoms with E-state index < -0.39 is 6.10 Å². The van der Waals surface area contributed by atoms with Crippen LogP contribution in [0, 0.1) is 11.3 Å². The molecule has 7 nitrogen and oxygen atoms in total. The molecule has 0 unspecified atom stereocenters. The van der Waals surface area contributed by atoms with Gasteiger partial charge in [0.1, 0.15) is 30.1 Å². The van der Waals surface area contributed by atoms with Crippen LogP contribution in [0.2, 0.25) is 0 Å². The van der Waals surface area contributed by atoms with Crippen molar-refractivity contribution in [3.8, 4) is 11.8 Å². The second-order valence-electron chi connectivity index (χ2n) is 6.62. The molecule has 132 valence electrons. The summed E-state index contributed by atoms with van der Waals surface area (Å²) in [5, 5.41) is 27.6. The second kappa shape index (κ2) is 7.64. The van der Waals surface area contributed by atoms with Crippen LogP contribution in [0.25, 0.3) is 0 Å². The summed E-state index contributed by atoms with van der Waals surface area (Å²) in [5.74, 6) is 2.99. The van der Waals surface area contributed by atoms with Gasteiger partial charge in [0, 0.05) is 25.6 Å². The van der Waals surface area contributed by atoms with Crippen LogP contribution in [-0.4, -0.2) is 50.6 Å². The third kappa shape index (κ3) is 4.16. The van der Waals surface area contributed by atoms with Crippen LogP contribution < -0.4 is 4.74 Å². The van der Waals surface area contributed by atoms with Crippen molar-refractivity contribution in [2.45, 2.75) is 39.0 Å². The SMILES string of the molecule is CC(C)c1nnc2n1CCN(C[C@@H](O)COc1ccc(C#N)cc1)C2. The van der Waals surface area contributed by atoms with Crippen LogP contribution in [0.15, 0.2) is 24.3 Å². The van der Waals surface area contributed by atoms with Gasteiger partial charge in [-0.05, 0) is 24.3 Å². The fourth-order valence-corrected chi connectivity index (χ4v) is 2.98. The minimum Gasteiger partial charge on any atom is -0.491 e. The Labute approximate surface area is 147 Å². The Morgan fingerprint density at radius 3 is 2.68 bits per heavy atom. The number of rotatable bonds is 6. The Kier molecular flexibility index (Phi) is 5.31. The number of aliphatic hydroxyl groups is 1. The van der Waals surface area contributed by atoms with Crippen LogP contribution in [0.1, 0.15) is 37.0 Å². The van der Waals surface area contributed by atoms with Crippen LogP contribution in [-0.2, 0) is 13.1 Å². The van der Waals surface area contributed by atoms with Gasteiger partial charge in [0.2, 0.25) is 0 Å². The lowest BCUT2D eigenvalue weighted by Gasteiger charge is -2.29. The lowest BCUT2D eigenvalue weighted by Crippen LogP contribution is -2.40. The predicted octanol–water partition coefficient (Wildman–Crippen LogP) is 1.53. The first kappa shape index (κ1) is 17.4. The number of aliphatic hydroxyl groups excluding tert-OH is 1. The molecule has 7 heteroatoms. The van der Waals surface area contributed by atoms with Crippen LogP contribution in [0.3, 0.4) is 0 Å². The summed E-state index contributed by atoms with van der Waals surface area (Å²) in [6.45, 7) is 7.37. The van der Waals surface area contributed by atoms with Crippen molar-refractivity contribution in [2.75, 3.05) is 19.7 Å². The normalized spacial score (nSPS) is 15.6. The number of hydrogen-bond donors (Lipinski definition) is 1. The fraction of sp³-hybridized carbons (Fsp3) is 0.500. The molecule has 1 aliphatic heterocycles. The summed E-state index contributed by atoms with van der Waals surface area (Å²) in [4.78, 5) is 2.17. The number of fused-ring (bicyclic) bond motifs is 1. The van der Waals surface area contributed by atoms with Crippen molar-refractivity contribution < 1.29 is 9.84 Å². The lowest BCUT2D eigenvalue weighted by atomic mass is 10.2. The number of benzene rings is 1. The Morgan fingerprint density at radius 1 is 1.24 bits per heavy atom. The summed E-state index contributed by atoms with van der Waals surface area (Å²) < 4.78 is 7.78. The highest BCUT2D eigenvalue weighted by molar-refractivity contribution is 5.34. The number of β-amino-alcohol motifs (C(OH)–C–C–N with tert-alkyl or cyclic N) is 1. The summed E-state index contributed by atoms with van der Waals surface area (Å²) >= 11 is 0. The van der Waals surface area contributed by atoms with Gasteiger partial charge in [-0.1, -0.05) is 13.8 Å². The average molecular weight is 341 g/mol. The van der Waals surface area contributed by atoms with E-state index in [0.29, 0.717) is 30.3 Å². The lowest BCUT2D eigenvalue weighted by molar-refractivity contribution is 0.0581. The number of nitriles is 1. The highest BCUT2D eigenvalue weighted by atomic mass is 16.5. The molecule has 2 aromatic rings. The quantitative estimate of drug-likeness (QED) is 0.857. The minimum atomic E-state index is -0.588. The largest absolute Gasteiger partial charge is 0.491 e. The molecule has 2 heterocycles. The maximum Gasteiger partial charge on any atom is 0.147 e. The first-order chi connectivity index (χ1) is 12.1. The van der Waals surface area contributed by atoms with Crippen molar-refractivity contribution in [3.05, 3.63) is 41.5 Å². The zero-order valence-corrected chi connectivity index (χ0v) is 14.6. The Bertz CT molecular complexity index is 748. The molecule has 1 N–H and O–H groups in total. The first-order valence-electron chi connectivity index (χ1n) is 8.52. The van der Waals surface area contributed by atoms with Gasteiger partial charge in [-0.15, -0.1) is 10.2 Å². The molecule has 0 bridgehead atoms. The van der Waals surface area contributed by atoms with Gasteiger partial charge in [-0.25, -0.2) is 0 Å². The second-order valence-corrected chi connectivity index (χ2v) is 6.62. The van der Waals surface area contributed by atoms with E-state index >= 15 is 0 Å². The topological polar surface area (TPSA) is 87.2 Å². The standard InChI is InChI=1S/C18H23N5O2/c1-13(2)18-21-20-17-11-22(7-8-23(17)18)10-15(24)12-25-16-5-3-14(9-19)4-6-16/h3-6,13,15,24H,7-8,10-12H2,1-2H3/t15-/m1/s1. The zero-order valence-electron chi connectivity index (χ0n) is 14.6. The van der Waals surface area contributed by atoms with Gasteiger partial charge < -0.3 is 14.4 Å². The monoisotopic (exact) mass is 341 g/mol. The fourth-order valence-electron chi connectivity index (χ4n) is 2.98. The molecule has 0 saturated heterocycles. The average Bonchev–Trinajstić information content (AvgIpc) is 3.04. The van der Waals surface area contributed by atoms with Crippen LogP contribution in [0.5, 0.6) is 5.75 Å². The molecule has 25 heavy (non-hydrogen) atoms. The predicted molar refractivity (Wildman–Crippen MR) is 92.0 cm³/mol. The Morgan fingerprint density at radius 2 is 2.00 bits per heavy atom. The highest BCUT2D eigenvalue weighted by Gasteiger charge is 2.23. The number of aromatic nitrogens is 3. The molecule has 1 aliphatic rings. The van der Waals surface area contributed by atoms with Crippen molar-refractivity contribution >= 4 is 0 Å². The smallest absolute Gasteiger partial charge is 0.147 e. The number of ether oxygens (including phenoxy) is 1. The molecule has 3 rings (SSSR count). The Hall–Kier alpha value is -2.43.